The van der Waals surface area contributed by atoms with Crippen LogP contribution in [0.2, 0.25) is 0 Å². The first-order valence-electron chi connectivity index (χ1n) is 5.21. The lowest BCUT2D eigenvalue weighted by Gasteiger charge is -2.28. The summed E-state index contributed by atoms with van der Waals surface area (Å²) < 4.78 is 0. The van der Waals surface area contributed by atoms with Crippen molar-refractivity contribution in [3.05, 3.63) is 29.3 Å². The third-order valence-corrected chi connectivity index (χ3v) is 2.65. The van der Waals surface area contributed by atoms with Crippen LogP contribution in [0, 0.1) is 13.8 Å². The van der Waals surface area contributed by atoms with Crippen molar-refractivity contribution >= 4 is 17.5 Å². The van der Waals surface area contributed by atoms with Crippen LogP contribution in [0.15, 0.2) is 18.2 Å². The Hall–Kier alpha value is -1.84. The number of hydrogen-bond acceptors (Lipinski definition) is 3. The average molecular weight is 218 g/mol. The highest BCUT2D eigenvalue weighted by atomic mass is 16.2. The fourth-order valence-electron chi connectivity index (χ4n) is 1.87. The van der Waals surface area contributed by atoms with Gasteiger partial charge in [0.15, 0.2) is 0 Å². The SMILES string of the molecule is Cc1ccc(C)c(N2CC(=O)NC(=O)C2)c1. The Balaban J connectivity index is 2.32. The normalized spacial score (nSPS) is 16.2. The topological polar surface area (TPSA) is 49.4 Å². The molecule has 1 aliphatic heterocycles. The molecule has 1 aromatic rings. The quantitative estimate of drug-likeness (QED) is 0.708. The molecule has 4 nitrogen and oxygen atoms in total. The van der Waals surface area contributed by atoms with Crippen molar-refractivity contribution in [2.24, 2.45) is 0 Å². The molecule has 16 heavy (non-hydrogen) atoms. The minimum atomic E-state index is -0.239. The van der Waals surface area contributed by atoms with Crippen LogP contribution in [0.4, 0.5) is 5.69 Å². The number of benzene rings is 1. The summed E-state index contributed by atoms with van der Waals surface area (Å²) in [5.41, 5.74) is 3.16. The summed E-state index contributed by atoms with van der Waals surface area (Å²) in [7, 11) is 0. The van der Waals surface area contributed by atoms with E-state index in [9.17, 15) is 9.59 Å². The van der Waals surface area contributed by atoms with Gasteiger partial charge in [0.25, 0.3) is 0 Å². The summed E-state index contributed by atoms with van der Waals surface area (Å²) in [4.78, 5) is 24.4. The van der Waals surface area contributed by atoms with Crippen LogP contribution in [0.25, 0.3) is 0 Å². The van der Waals surface area contributed by atoms with Crippen molar-refractivity contribution in [1.29, 1.82) is 0 Å². The summed E-state index contributed by atoms with van der Waals surface area (Å²) >= 11 is 0. The lowest BCUT2D eigenvalue weighted by Crippen LogP contribution is -2.51. The molecule has 2 rings (SSSR count). The molecule has 84 valence electrons. The van der Waals surface area contributed by atoms with Crippen molar-refractivity contribution in [2.45, 2.75) is 13.8 Å². The van der Waals surface area contributed by atoms with E-state index >= 15 is 0 Å². The molecule has 1 aliphatic rings. The van der Waals surface area contributed by atoms with E-state index in [1.807, 2.05) is 36.9 Å². The number of anilines is 1. The second kappa shape index (κ2) is 3.96. The molecule has 1 aromatic carbocycles. The number of rotatable bonds is 1. The number of carbonyl (C=O) groups excluding carboxylic acids is 2. The monoisotopic (exact) mass is 218 g/mol. The van der Waals surface area contributed by atoms with Gasteiger partial charge in [-0.05, 0) is 31.0 Å². The third kappa shape index (κ3) is 2.05. The highest BCUT2D eigenvalue weighted by Gasteiger charge is 2.23. The molecule has 0 atom stereocenters. The lowest BCUT2D eigenvalue weighted by molar-refractivity contribution is -0.130. The van der Waals surface area contributed by atoms with E-state index in [1.165, 1.54) is 0 Å². The number of imide groups is 1. The van der Waals surface area contributed by atoms with Crippen molar-refractivity contribution in [3.63, 3.8) is 0 Å². The smallest absolute Gasteiger partial charge is 0.246 e. The number of nitrogens with one attached hydrogen (secondary N) is 1. The predicted molar refractivity (Wildman–Crippen MR) is 61.3 cm³/mol. The van der Waals surface area contributed by atoms with Gasteiger partial charge in [-0.1, -0.05) is 12.1 Å². The van der Waals surface area contributed by atoms with Crippen LogP contribution in [0.1, 0.15) is 11.1 Å². The molecular weight excluding hydrogens is 204 g/mol. The molecular formula is C12H14N2O2. The Labute approximate surface area is 94.2 Å². The zero-order valence-corrected chi connectivity index (χ0v) is 9.41. The molecule has 0 radical (unpaired) electrons. The first-order valence-corrected chi connectivity index (χ1v) is 5.21. The van der Waals surface area contributed by atoms with Gasteiger partial charge in [-0.3, -0.25) is 14.9 Å². The number of nitrogens with zero attached hydrogens (tertiary/aromatic N) is 1. The minimum Gasteiger partial charge on any atom is -0.353 e. The average Bonchev–Trinajstić information content (AvgIpc) is 2.20. The Bertz CT molecular complexity index is 438. The summed E-state index contributed by atoms with van der Waals surface area (Å²) in [6.07, 6.45) is 0. The molecule has 4 heteroatoms. The van der Waals surface area contributed by atoms with Gasteiger partial charge in [0, 0.05) is 5.69 Å². The zero-order valence-electron chi connectivity index (χ0n) is 9.41. The first-order chi connectivity index (χ1) is 7.56. The van der Waals surface area contributed by atoms with Gasteiger partial charge in [-0.2, -0.15) is 0 Å². The van der Waals surface area contributed by atoms with Crippen molar-refractivity contribution in [2.75, 3.05) is 18.0 Å². The maximum absolute atomic E-state index is 11.3. The maximum Gasteiger partial charge on any atom is 0.246 e. The minimum absolute atomic E-state index is 0.239. The van der Waals surface area contributed by atoms with Gasteiger partial charge in [0.2, 0.25) is 11.8 Å². The van der Waals surface area contributed by atoms with Gasteiger partial charge in [0.1, 0.15) is 0 Å². The van der Waals surface area contributed by atoms with E-state index in [0.717, 1.165) is 16.8 Å². The lowest BCUT2D eigenvalue weighted by atomic mass is 10.1. The highest BCUT2D eigenvalue weighted by molar-refractivity contribution is 6.02. The molecule has 1 heterocycles. The van der Waals surface area contributed by atoms with Crippen LogP contribution < -0.4 is 10.2 Å². The first kappa shape index (κ1) is 10.7. The largest absolute Gasteiger partial charge is 0.353 e. The number of piperazine rings is 1. The second-order valence-electron chi connectivity index (χ2n) is 4.12. The molecule has 0 spiro atoms. The molecule has 1 fully saturated rings. The fraction of sp³-hybridized carbons (Fsp3) is 0.333. The summed E-state index contributed by atoms with van der Waals surface area (Å²) in [5, 5.41) is 2.29. The van der Waals surface area contributed by atoms with Gasteiger partial charge < -0.3 is 4.90 Å². The van der Waals surface area contributed by atoms with Gasteiger partial charge in [-0.25, -0.2) is 0 Å². The van der Waals surface area contributed by atoms with Gasteiger partial charge in [-0.15, -0.1) is 0 Å². The standard InChI is InChI=1S/C12H14N2O2/c1-8-3-4-9(2)10(5-8)14-6-11(15)13-12(16)7-14/h3-5H,6-7H2,1-2H3,(H,13,15,16). The third-order valence-electron chi connectivity index (χ3n) is 2.65. The van der Waals surface area contributed by atoms with Crippen molar-refractivity contribution < 1.29 is 9.59 Å². The van der Waals surface area contributed by atoms with E-state index in [1.54, 1.807) is 0 Å². The number of aryl methyl sites for hydroxylation is 2. The van der Waals surface area contributed by atoms with Gasteiger partial charge >= 0.3 is 0 Å². The van der Waals surface area contributed by atoms with E-state index in [0.29, 0.717) is 0 Å². The fourth-order valence-corrected chi connectivity index (χ4v) is 1.87. The molecule has 0 unspecified atom stereocenters. The molecule has 1 saturated heterocycles. The van der Waals surface area contributed by atoms with E-state index < -0.39 is 0 Å². The van der Waals surface area contributed by atoms with Crippen molar-refractivity contribution in [1.82, 2.24) is 5.32 Å². The second-order valence-corrected chi connectivity index (χ2v) is 4.12. The van der Waals surface area contributed by atoms with Crippen LogP contribution in [0.3, 0.4) is 0 Å². The maximum atomic E-state index is 11.3. The Morgan fingerprint density at radius 1 is 1.12 bits per heavy atom. The zero-order chi connectivity index (χ0) is 11.7. The van der Waals surface area contributed by atoms with E-state index in [4.69, 9.17) is 0 Å². The van der Waals surface area contributed by atoms with Crippen molar-refractivity contribution in [3.8, 4) is 0 Å². The number of hydrogen-bond donors (Lipinski definition) is 1. The van der Waals surface area contributed by atoms with E-state index in [2.05, 4.69) is 5.32 Å². The van der Waals surface area contributed by atoms with Crippen LogP contribution in [-0.4, -0.2) is 24.9 Å². The summed E-state index contributed by atoms with van der Waals surface area (Å²) in [6.45, 7) is 4.46. The van der Waals surface area contributed by atoms with Crippen LogP contribution in [0.5, 0.6) is 0 Å². The highest BCUT2D eigenvalue weighted by Crippen LogP contribution is 2.21. The molecule has 0 saturated carbocycles. The Kier molecular flexibility index (Phi) is 2.64. The van der Waals surface area contributed by atoms with Gasteiger partial charge in [0.05, 0.1) is 13.1 Å². The molecule has 0 bridgehead atoms. The van der Waals surface area contributed by atoms with Crippen LogP contribution >= 0.6 is 0 Å². The number of carbonyl (C=O) groups is 2. The molecule has 1 N–H and O–H groups in total. The Morgan fingerprint density at radius 2 is 1.75 bits per heavy atom. The Morgan fingerprint density at radius 3 is 2.38 bits per heavy atom. The van der Waals surface area contributed by atoms with Crippen LogP contribution in [-0.2, 0) is 9.59 Å². The molecule has 0 aromatic heterocycles. The molecule has 0 aliphatic carbocycles. The van der Waals surface area contributed by atoms with E-state index in [-0.39, 0.29) is 24.9 Å². The molecule has 2 amide bonds. The number of amides is 2. The predicted octanol–water partition coefficient (Wildman–Crippen LogP) is 0.766. The summed E-state index contributed by atoms with van der Waals surface area (Å²) in [6, 6.07) is 6.02. The summed E-state index contributed by atoms with van der Waals surface area (Å²) in [5.74, 6) is -0.477.